The highest BCUT2D eigenvalue weighted by molar-refractivity contribution is 7.92. The Labute approximate surface area is 198 Å². The van der Waals surface area contributed by atoms with Crippen molar-refractivity contribution in [2.75, 3.05) is 10.0 Å². The molecule has 0 saturated heterocycles. The Bertz CT molecular complexity index is 1490. The van der Waals surface area contributed by atoms with Crippen molar-refractivity contribution in [2.45, 2.75) is 9.79 Å². The van der Waals surface area contributed by atoms with Crippen LogP contribution in [-0.4, -0.2) is 27.7 Å². The molecule has 4 aromatic rings. The van der Waals surface area contributed by atoms with Crippen LogP contribution in [0.2, 0.25) is 0 Å². The molecule has 0 amide bonds. The summed E-state index contributed by atoms with van der Waals surface area (Å²) >= 11 is 0. The van der Waals surface area contributed by atoms with E-state index in [4.69, 9.17) is 0 Å². The van der Waals surface area contributed by atoms with Crippen molar-refractivity contribution >= 4 is 37.4 Å². The molecule has 1 heterocycles. The number of rotatable bonds is 7. The van der Waals surface area contributed by atoms with Crippen molar-refractivity contribution in [1.29, 1.82) is 0 Å². The lowest BCUT2D eigenvalue weighted by atomic mass is 10.2. The van der Waals surface area contributed by atoms with Gasteiger partial charge < -0.3 is 5.32 Å². The van der Waals surface area contributed by atoms with Crippen LogP contribution in [0.1, 0.15) is 5.56 Å². The van der Waals surface area contributed by atoms with Crippen LogP contribution in [0.3, 0.4) is 0 Å². The molecule has 34 heavy (non-hydrogen) atoms. The number of sulfonamides is 2. The Kier molecular flexibility index (Phi) is 6.71. The van der Waals surface area contributed by atoms with Gasteiger partial charge in [0.05, 0.1) is 9.79 Å². The normalized spacial score (nSPS) is 12.2. The first-order chi connectivity index (χ1) is 16.3. The lowest BCUT2D eigenvalue weighted by Crippen LogP contribution is -2.17. The molecule has 4 rings (SSSR count). The Hall–Kier alpha value is -4.02. The molecule has 0 aliphatic carbocycles. The summed E-state index contributed by atoms with van der Waals surface area (Å²) in [6.07, 6.45) is 1.48. The summed E-state index contributed by atoms with van der Waals surface area (Å²) in [5.74, 6) is 0.306. The molecule has 8 nitrogen and oxygen atoms in total. The van der Waals surface area contributed by atoms with E-state index in [0.717, 1.165) is 0 Å². The first-order valence-electron chi connectivity index (χ1n) is 10.1. The summed E-state index contributed by atoms with van der Waals surface area (Å²) in [5, 5.41) is 2.99. The van der Waals surface area contributed by atoms with Gasteiger partial charge in [0.2, 0.25) is 0 Å². The van der Waals surface area contributed by atoms with E-state index >= 15 is 0 Å². The second-order valence-corrected chi connectivity index (χ2v) is 10.4. The van der Waals surface area contributed by atoms with E-state index < -0.39 is 20.0 Å². The monoisotopic (exact) mass is 492 g/mol. The predicted octanol–water partition coefficient (Wildman–Crippen LogP) is 4.13. The summed E-state index contributed by atoms with van der Waals surface area (Å²) in [5.41, 5.74) is 1.01. The fraction of sp³-hybridized carbons (Fsp3) is 0. The minimum Gasteiger partial charge on any atom is -0.339 e. The quantitative estimate of drug-likeness (QED) is 0.296. The van der Waals surface area contributed by atoms with Crippen molar-refractivity contribution in [3.63, 3.8) is 0 Å². The number of hydrogen-bond donors (Lipinski definition) is 2. The average Bonchev–Trinajstić information content (AvgIpc) is 2.85. The largest absolute Gasteiger partial charge is 0.339 e. The van der Waals surface area contributed by atoms with Crippen molar-refractivity contribution in [2.24, 2.45) is 4.40 Å². The highest BCUT2D eigenvalue weighted by atomic mass is 32.2. The maximum atomic E-state index is 12.8. The summed E-state index contributed by atoms with van der Waals surface area (Å²) in [6, 6.07) is 27.4. The molecule has 0 fully saturated rings. The van der Waals surface area contributed by atoms with E-state index in [-0.39, 0.29) is 21.4 Å². The summed E-state index contributed by atoms with van der Waals surface area (Å²) < 4.78 is 57.4. The van der Waals surface area contributed by atoms with Crippen molar-refractivity contribution in [3.8, 4) is 0 Å². The number of aromatic nitrogens is 1. The summed E-state index contributed by atoms with van der Waals surface area (Å²) in [4.78, 5) is 4.05. The molecule has 0 aliphatic heterocycles. The fourth-order valence-corrected chi connectivity index (χ4v) is 4.99. The van der Waals surface area contributed by atoms with Gasteiger partial charge in [-0.15, -0.1) is 4.40 Å². The number of pyridine rings is 1. The van der Waals surface area contributed by atoms with Crippen LogP contribution in [-0.2, 0) is 20.0 Å². The maximum Gasteiger partial charge on any atom is 0.284 e. The molecular formula is C24H20N4O4S2. The van der Waals surface area contributed by atoms with Crippen LogP contribution < -0.4 is 10.0 Å². The molecular weight excluding hydrogens is 472 g/mol. The topological polar surface area (TPSA) is 118 Å². The Morgan fingerprint density at radius 2 is 1.29 bits per heavy atom. The first kappa shape index (κ1) is 23.1. The SMILES string of the molecule is O=S(=O)(/N=C(/Nc1ccc(S(=O)(=O)Nc2ccccn2)cc1)c1ccccc1)c1ccccc1. The van der Waals surface area contributed by atoms with Gasteiger partial charge in [-0.25, -0.2) is 13.4 Å². The minimum atomic E-state index is -3.98. The first-order valence-corrected chi connectivity index (χ1v) is 13.0. The molecule has 0 unspecified atom stereocenters. The van der Waals surface area contributed by atoms with Crippen molar-refractivity contribution in [1.82, 2.24) is 4.98 Å². The zero-order valence-corrected chi connectivity index (χ0v) is 19.4. The zero-order valence-electron chi connectivity index (χ0n) is 17.7. The van der Waals surface area contributed by atoms with Crippen LogP contribution in [0.5, 0.6) is 0 Å². The molecule has 2 N–H and O–H groups in total. The van der Waals surface area contributed by atoms with E-state index in [2.05, 4.69) is 19.4 Å². The molecule has 172 valence electrons. The van der Waals surface area contributed by atoms with Crippen LogP contribution in [0.4, 0.5) is 11.5 Å². The van der Waals surface area contributed by atoms with Gasteiger partial charge in [-0.1, -0.05) is 54.6 Å². The van der Waals surface area contributed by atoms with Crippen LogP contribution >= 0.6 is 0 Å². The third-order valence-corrected chi connectivity index (χ3v) is 7.29. The van der Waals surface area contributed by atoms with E-state index in [9.17, 15) is 16.8 Å². The van der Waals surface area contributed by atoms with Gasteiger partial charge in [0.25, 0.3) is 20.0 Å². The predicted molar refractivity (Wildman–Crippen MR) is 132 cm³/mol. The second kappa shape index (κ2) is 9.86. The number of amidine groups is 1. The highest BCUT2D eigenvalue weighted by Crippen LogP contribution is 2.19. The standard InChI is InChI=1S/C24H20N4O4S2/c29-33(30,27-23-13-7-8-18-25-23)22-16-14-20(15-17-22)26-24(19-9-3-1-4-10-19)28-34(31,32)21-11-5-2-6-12-21/h1-18H,(H,25,27)(H,26,28). The van der Waals surface area contributed by atoms with Crippen molar-refractivity contribution in [3.05, 3.63) is 115 Å². The summed E-state index contributed by atoms with van der Waals surface area (Å²) in [6.45, 7) is 0. The molecule has 3 aromatic carbocycles. The number of nitrogens with one attached hydrogen (secondary N) is 2. The lowest BCUT2D eigenvalue weighted by molar-refractivity contribution is 0.597. The van der Waals surface area contributed by atoms with Crippen LogP contribution in [0.15, 0.2) is 124 Å². The number of anilines is 2. The molecule has 0 radical (unpaired) electrons. The Morgan fingerprint density at radius 3 is 1.91 bits per heavy atom. The zero-order chi connectivity index (χ0) is 24.0. The highest BCUT2D eigenvalue weighted by Gasteiger charge is 2.17. The molecule has 0 saturated carbocycles. The van der Waals surface area contributed by atoms with Crippen molar-refractivity contribution < 1.29 is 16.8 Å². The number of nitrogens with zero attached hydrogens (tertiary/aromatic N) is 2. The van der Waals surface area contributed by atoms with Gasteiger partial charge >= 0.3 is 0 Å². The van der Waals surface area contributed by atoms with Gasteiger partial charge in [-0.2, -0.15) is 8.42 Å². The molecule has 0 atom stereocenters. The third-order valence-electron chi connectivity index (χ3n) is 4.63. The van der Waals surface area contributed by atoms with E-state index in [1.54, 1.807) is 66.7 Å². The van der Waals surface area contributed by atoms with E-state index in [1.165, 1.54) is 42.6 Å². The molecule has 0 aliphatic rings. The Balaban J connectivity index is 1.62. The third kappa shape index (κ3) is 5.66. The van der Waals surface area contributed by atoms with Gasteiger partial charge in [0, 0.05) is 17.4 Å². The minimum absolute atomic E-state index is 0.0267. The van der Waals surface area contributed by atoms with Crippen LogP contribution in [0, 0.1) is 0 Å². The fourth-order valence-electron chi connectivity index (χ4n) is 2.98. The molecule has 0 bridgehead atoms. The second-order valence-electron chi connectivity index (χ2n) is 7.06. The van der Waals surface area contributed by atoms with E-state index in [1.807, 2.05) is 0 Å². The molecule has 10 heteroatoms. The number of hydrogen-bond acceptors (Lipinski definition) is 5. The average molecular weight is 493 g/mol. The summed E-state index contributed by atoms with van der Waals surface area (Å²) in [7, 11) is -7.82. The van der Waals surface area contributed by atoms with Gasteiger partial charge in [-0.3, -0.25) is 4.72 Å². The van der Waals surface area contributed by atoms with Gasteiger partial charge in [0.15, 0.2) is 5.84 Å². The molecule has 1 aromatic heterocycles. The smallest absolute Gasteiger partial charge is 0.284 e. The van der Waals surface area contributed by atoms with E-state index in [0.29, 0.717) is 11.3 Å². The van der Waals surface area contributed by atoms with Gasteiger partial charge in [0.1, 0.15) is 5.82 Å². The van der Waals surface area contributed by atoms with Crippen LogP contribution in [0.25, 0.3) is 0 Å². The maximum absolute atomic E-state index is 12.8. The lowest BCUT2D eigenvalue weighted by Gasteiger charge is -2.12. The molecule has 0 spiro atoms. The van der Waals surface area contributed by atoms with Gasteiger partial charge in [-0.05, 0) is 48.5 Å². The number of benzene rings is 3. The Morgan fingerprint density at radius 1 is 0.676 bits per heavy atom.